The first kappa shape index (κ1) is 15.2. The van der Waals surface area contributed by atoms with Crippen molar-refractivity contribution in [2.24, 2.45) is 0 Å². The van der Waals surface area contributed by atoms with Crippen molar-refractivity contribution < 1.29 is 4.74 Å². The van der Waals surface area contributed by atoms with Gasteiger partial charge in [0.1, 0.15) is 0 Å². The van der Waals surface area contributed by atoms with Gasteiger partial charge in [0, 0.05) is 16.0 Å². The van der Waals surface area contributed by atoms with Crippen LogP contribution >= 0.6 is 27.3 Å². The van der Waals surface area contributed by atoms with E-state index in [-0.39, 0.29) is 11.6 Å². The molecule has 17 heavy (non-hydrogen) atoms. The molecule has 0 fully saturated rings. The van der Waals surface area contributed by atoms with Crippen LogP contribution in [-0.2, 0) is 4.74 Å². The Hall–Kier alpha value is 0.1000. The summed E-state index contributed by atoms with van der Waals surface area (Å²) in [5.74, 6) is 0. The molecule has 0 aliphatic heterocycles. The number of nitrogens with one attached hydrogen (secondary N) is 1. The van der Waals surface area contributed by atoms with Gasteiger partial charge in [0.25, 0.3) is 0 Å². The van der Waals surface area contributed by atoms with E-state index in [0.717, 1.165) is 19.6 Å². The second kappa shape index (κ2) is 6.88. The average Bonchev–Trinajstić information content (AvgIpc) is 2.72. The highest BCUT2D eigenvalue weighted by Gasteiger charge is 2.35. The molecule has 0 saturated carbocycles. The standard InChI is InChI=1S/C13H22BrNOS/c1-5-13(4,16-7-3)12(15-6-2)11-10(14)8-9-17-11/h8-9,12,15H,5-7H2,1-4H3. The van der Waals surface area contributed by atoms with E-state index in [1.165, 1.54) is 9.35 Å². The maximum Gasteiger partial charge on any atom is 0.0853 e. The van der Waals surface area contributed by atoms with Gasteiger partial charge < -0.3 is 10.1 Å². The molecule has 4 heteroatoms. The molecule has 2 unspecified atom stereocenters. The van der Waals surface area contributed by atoms with Crippen molar-refractivity contribution >= 4 is 27.3 Å². The predicted octanol–water partition coefficient (Wildman–Crippen LogP) is 4.37. The lowest BCUT2D eigenvalue weighted by Gasteiger charge is -2.37. The fraction of sp³-hybridized carbons (Fsp3) is 0.692. The lowest BCUT2D eigenvalue weighted by atomic mass is 9.91. The Morgan fingerprint density at radius 2 is 2.18 bits per heavy atom. The van der Waals surface area contributed by atoms with Crippen LogP contribution in [0.2, 0.25) is 0 Å². The van der Waals surface area contributed by atoms with Crippen molar-refractivity contribution in [1.29, 1.82) is 0 Å². The van der Waals surface area contributed by atoms with Gasteiger partial charge in [-0.05, 0) is 54.2 Å². The van der Waals surface area contributed by atoms with Gasteiger partial charge >= 0.3 is 0 Å². The van der Waals surface area contributed by atoms with Gasteiger partial charge in [-0.2, -0.15) is 0 Å². The van der Waals surface area contributed by atoms with Crippen LogP contribution in [0.15, 0.2) is 15.9 Å². The average molecular weight is 320 g/mol. The molecule has 0 bridgehead atoms. The third kappa shape index (κ3) is 3.53. The van der Waals surface area contributed by atoms with Crippen molar-refractivity contribution in [2.75, 3.05) is 13.2 Å². The summed E-state index contributed by atoms with van der Waals surface area (Å²) < 4.78 is 7.17. The first-order valence-electron chi connectivity index (χ1n) is 6.19. The molecule has 1 heterocycles. The first-order chi connectivity index (χ1) is 8.09. The zero-order valence-corrected chi connectivity index (χ0v) is 13.5. The second-order valence-electron chi connectivity index (χ2n) is 4.22. The molecule has 0 amide bonds. The van der Waals surface area contributed by atoms with E-state index in [1.807, 2.05) is 0 Å². The smallest absolute Gasteiger partial charge is 0.0853 e. The van der Waals surface area contributed by atoms with Crippen molar-refractivity contribution in [1.82, 2.24) is 5.32 Å². The summed E-state index contributed by atoms with van der Waals surface area (Å²) >= 11 is 5.40. The van der Waals surface area contributed by atoms with Gasteiger partial charge in [0.15, 0.2) is 0 Å². The molecule has 0 aromatic carbocycles. The van der Waals surface area contributed by atoms with E-state index in [9.17, 15) is 0 Å². The Kier molecular flexibility index (Phi) is 6.13. The lowest BCUT2D eigenvalue weighted by molar-refractivity contribution is -0.0553. The highest BCUT2D eigenvalue weighted by atomic mass is 79.9. The second-order valence-corrected chi connectivity index (χ2v) is 6.02. The number of rotatable bonds is 7. The summed E-state index contributed by atoms with van der Waals surface area (Å²) in [6.07, 6.45) is 0.989. The quantitative estimate of drug-likeness (QED) is 0.806. The number of hydrogen-bond donors (Lipinski definition) is 1. The highest BCUT2D eigenvalue weighted by molar-refractivity contribution is 9.10. The number of hydrogen-bond acceptors (Lipinski definition) is 3. The van der Waals surface area contributed by atoms with E-state index >= 15 is 0 Å². The van der Waals surface area contributed by atoms with Crippen LogP contribution in [0.1, 0.15) is 45.0 Å². The maximum absolute atomic E-state index is 6.00. The summed E-state index contributed by atoms with van der Waals surface area (Å²) in [5.41, 5.74) is -0.155. The molecular weight excluding hydrogens is 298 g/mol. The Labute approximate surface area is 117 Å². The lowest BCUT2D eigenvalue weighted by Crippen LogP contribution is -2.43. The topological polar surface area (TPSA) is 21.3 Å². The fourth-order valence-corrected chi connectivity index (χ4v) is 3.84. The molecule has 1 aromatic rings. The third-order valence-electron chi connectivity index (χ3n) is 3.10. The maximum atomic E-state index is 6.00. The van der Waals surface area contributed by atoms with Crippen LogP contribution in [-0.4, -0.2) is 18.8 Å². The predicted molar refractivity (Wildman–Crippen MR) is 78.8 cm³/mol. The van der Waals surface area contributed by atoms with Gasteiger partial charge in [-0.15, -0.1) is 11.3 Å². The molecule has 2 nitrogen and oxygen atoms in total. The van der Waals surface area contributed by atoms with Gasteiger partial charge in [-0.25, -0.2) is 0 Å². The third-order valence-corrected chi connectivity index (χ3v) is 5.04. The SMILES string of the molecule is CCNC(c1sccc1Br)C(C)(CC)OCC. The molecule has 0 saturated heterocycles. The van der Waals surface area contributed by atoms with Gasteiger partial charge in [0.2, 0.25) is 0 Å². The highest BCUT2D eigenvalue weighted by Crippen LogP contribution is 2.38. The molecule has 0 aliphatic rings. The van der Waals surface area contributed by atoms with Gasteiger partial charge in [0.05, 0.1) is 11.6 Å². The normalized spacial score (nSPS) is 16.8. The van der Waals surface area contributed by atoms with Crippen molar-refractivity contribution in [2.45, 2.75) is 45.8 Å². The summed E-state index contributed by atoms with van der Waals surface area (Å²) in [5, 5.41) is 5.67. The molecular formula is C13H22BrNOS. The van der Waals surface area contributed by atoms with Gasteiger partial charge in [-0.3, -0.25) is 0 Å². The molecule has 98 valence electrons. The zero-order chi connectivity index (χ0) is 12.9. The van der Waals surface area contributed by atoms with Crippen molar-refractivity contribution in [3.05, 3.63) is 20.8 Å². The number of likely N-dealkylation sites (N-methyl/N-ethyl adjacent to an activating group) is 1. The minimum atomic E-state index is -0.155. The summed E-state index contributed by atoms with van der Waals surface area (Å²) in [7, 11) is 0. The van der Waals surface area contributed by atoms with E-state index < -0.39 is 0 Å². The van der Waals surface area contributed by atoms with Gasteiger partial charge in [-0.1, -0.05) is 13.8 Å². The molecule has 1 aromatic heterocycles. The first-order valence-corrected chi connectivity index (χ1v) is 7.86. The van der Waals surface area contributed by atoms with Crippen LogP contribution < -0.4 is 5.32 Å². The monoisotopic (exact) mass is 319 g/mol. The zero-order valence-electron chi connectivity index (χ0n) is 11.0. The Morgan fingerprint density at radius 1 is 1.47 bits per heavy atom. The summed E-state index contributed by atoms with van der Waals surface area (Å²) in [4.78, 5) is 1.32. The van der Waals surface area contributed by atoms with E-state index in [1.54, 1.807) is 11.3 Å². The largest absolute Gasteiger partial charge is 0.374 e. The number of thiophene rings is 1. The van der Waals surface area contributed by atoms with Crippen LogP contribution in [0.3, 0.4) is 0 Å². The summed E-state index contributed by atoms with van der Waals surface area (Å²) in [6.45, 7) is 10.3. The van der Waals surface area contributed by atoms with Crippen molar-refractivity contribution in [3.63, 3.8) is 0 Å². The van der Waals surface area contributed by atoms with Crippen LogP contribution in [0.4, 0.5) is 0 Å². The Morgan fingerprint density at radius 3 is 2.59 bits per heavy atom. The summed E-state index contributed by atoms with van der Waals surface area (Å²) in [6, 6.07) is 2.35. The fourth-order valence-electron chi connectivity index (χ4n) is 2.02. The minimum Gasteiger partial charge on any atom is -0.374 e. The Bertz CT molecular complexity index is 342. The van der Waals surface area contributed by atoms with E-state index in [2.05, 4.69) is 60.4 Å². The molecule has 0 spiro atoms. The molecule has 1 N–H and O–H groups in total. The molecule has 0 aliphatic carbocycles. The van der Waals surface area contributed by atoms with Crippen LogP contribution in [0.5, 0.6) is 0 Å². The van der Waals surface area contributed by atoms with Crippen LogP contribution in [0, 0.1) is 0 Å². The molecule has 2 atom stereocenters. The van der Waals surface area contributed by atoms with Crippen LogP contribution in [0.25, 0.3) is 0 Å². The van der Waals surface area contributed by atoms with Crippen molar-refractivity contribution in [3.8, 4) is 0 Å². The molecule has 1 rings (SSSR count). The Balaban J connectivity index is 3.03. The minimum absolute atomic E-state index is 0.155. The van der Waals surface area contributed by atoms with E-state index in [0.29, 0.717) is 0 Å². The number of ether oxygens (including phenoxy) is 1. The molecule has 0 radical (unpaired) electrons. The van der Waals surface area contributed by atoms with E-state index in [4.69, 9.17) is 4.74 Å². The number of halogens is 1.